The largest absolute Gasteiger partial charge is 0.480 e. The number of para-hydroxylation sites is 1. The van der Waals surface area contributed by atoms with Gasteiger partial charge in [-0.25, -0.2) is 4.79 Å². The standard InChI is InChI=1S/C16H18N2O3/c1-3-10(2)13(16(20)21)18-15(19)12-8-4-6-11-7-5-9-17-14(11)12/h4-10,13H,3H2,1-2H3,(H,18,19)(H,20,21)/t10-,13-/m0/s1. The van der Waals surface area contributed by atoms with E-state index < -0.39 is 17.9 Å². The second kappa shape index (κ2) is 6.35. The lowest BCUT2D eigenvalue weighted by Gasteiger charge is -2.20. The summed E-state index contributed by atoms with van der Waals surface area (Å²) in [5.41, 5.74) is 0.966. The van der Waals surface area contributed by atoms with Gasteiger partial charge in [-0.2, -0.15) is 0 Å². The molecule has 2 N–H and O–H groups in total. The van der Waals surface area contributed by atoms with Gasteiger partial charge in [0.05, 0.1) is 11.1 Å². The van der Waals surface area contributed by atoms with Crippen molar-refractivity contribution < 1.29 is 14.7 Å². The first-order valence-corrected chi connectivity index (χ1v) is 6.92. The second-order valence-corrected chi connectivity index (χ2v) is 5.06. The molecule has 2 aromatic rings. The third-order valence-electron chi connectivity index (χ3n) is 3.64. The van der Waals surface area contributed by atoms with Gasteiger partial charge in [-0.1, -0.05) is 38.5 Å². The van der Waals surface area contributed by atoms with Crippen molar-refractivity contribution in [2.24, 2.45) is 5.92 Å². The smallest absolute Gasteiger partial charge is 0.326 e. The molecule has 1 aromatic carbocycles. The summed E-state index contributed by atoms with van der Waals surface area (Å²) in [6.45, 7) is 3.70. The SMILES string of the molecule is CC[C@H](C)[C@H](NC(=O)c1cccc2cccnc12)C(=O)O. The zero-order valence-corrected chi connectivity index (χ0v) is 12.0. The van der Waals surface area contributed by atoms with Crippen molar-refractivity contribution in [3.05, 3.63) is 42.1 Å². The Kier molecular flexibility index (Phi) is 4.52. The Balaban J connectivity index is 2.32. The number of carbonyl (C=O) groups is 2. The Morgan fingerprint density at radius 1 is 1.29 bits per heavy atom. The number of benzene rings is 1. The number of hydrogen-bond donors (Lipinski definition) is 2. The van der Waals surface area contributed by atoms with Gasteiger partial charge in [-0.05, 0) is 18.1 Å². The molecule has 1 aromatic heterocycles. The molecule has 5 nitrogen and oxygen atoms in total. The molecule has 1 heterocycles. The summed E-state index contributed by atoms with van der Waals surface area (Å²) in [5.74, 6) is -1.58. The fourth-order valence-electron chi connectivity index (χ4n) is 2.19. The van der Waals surface area contributed by atoms with Crippen LogP contribution in [0.5, 0.6) is 0 Å². The molecule has 0 saturated heterocycles. The maximum atomic E-state index is 12.4. The topological polar surface area (TPSA) is 79.3 Å². The zero-order valence-electron chi connectivity index (χ0n) is 12.0. The van der Waals surface area contributed by atoms with Crippen LogP contribution in [0.4, 0.5) is 0 Å². The molecule has 0 radical (unpaired) electrons. The molecule has 0 aliphatic rings. The van der Waals surface area contributed by atoms with Crippen LogP contribution in [0.15, 0.2) is 36.5 Å². The molecule has 0 spiro atoms. The molecule has 110 valence electrons. The number of amides is 1. The summed E-state index contributed by atoms with van der Waals surface area (Å²) in [6, 6.07) is 8.04. The van der Waals surface area contributed by atoms with E-state index in [-0.39, 0.29) is 5.92 Å². The molecule has 1 amide bonds. The normalized spacial score (nSPS) is 13.6. The Labute approximate surface area is 123 Å². The molecule has 0 unspecified atom stereocenters. The number of carboxylic acid groups (broad SMARTS) is 1. The van der Waals surface area contributed by atoms with Crippen molar-refractivity contribution in [1.29, 1.82) is 0 Å². The summed E-state index contributed by atoms with van der Waals surface area (Å²) in [4.78, 5) is 27.9. The van der Waals surface area contributed by atoms with Gasteiger partial charge < -0.3 is 10.4 Å². The van der Waals surface area contributed by atoms with Crippen LogP contribution in [0.25, 0.3) is 10.9 Å². The van der Waals surface area contributed by atoms with E-state index in [1.165, 1.54) is 0 Å². The third-order valence-corrected chi connectivity index (χ3v) is 3.64. The number of carbonyl (C=O) groups excluding carboxylic acids is 1. The monoisotopic (exact) mass is 286 g/mol. The number of aromatic nitrogens is 1. The molecule has 5 heteroatoms. The van der Waals surface area contributed by atoms with E-state index in [0.29, 0.717) is 17.5 Å². The van der Waals surface area contributed by atoms with Crippen LogP contribution in [0.2, 0.25) is 0 Å². The summed E-state index contributed by atoms with van der Waals surface area (Å²) in [6.07, 6.45) is 2.29. The van der Waals surface area contributed by atoms with Crippen LogP contribution >= 0.6 is 0 Å². The van der Waals surface area contributed by atoms with Crippen LogP contribution in [0.3, 0.4) is 0 Å². The minimum atomic E-state index is -1.02. The molecule has 0 saturated carbocycles. The van der Waals surface area contributed by atoms with E-state index in [1.54, 1.807) is 31.3 Å². The predicted octanol–water partition coefficient (Wildman–Crippen LogP) is 2.46. The lowest BCUT2D eigenvalue weighted by molar-refractivity contribution is -0.140. The highest BCUT2D eigenvalue weighted by atomic mass is 16.4. The Morgan fingerprint density at radius 2 is 2.00 bits per heavy atom. The molecule has 0 aliphatic carbocycles. The quantitative estimate of drug-likeness (QED) is 0.885. The second-order valence-electron chi connectivity index (χ2n) is 5.06. The molecule has 2 rings (SSSR count). The predicted molar refractivity (Wildman–Crippen MR) is 80.1 cm³/mol. The van der Waals surface area contributed by atoms with Gasteiger partial charge in [0.2, 0.25) is 0 Å². The molecular weight excluding hydrogens is 268 g/mol. The van der Waals surface area contributed by atoms with E-state index >= 15 is 0 Å². The number of aliphatic carboxylic acids is 1. The average Bonchev–Trinajstić information content (AvgIpc) is 2.50. The molecule has 0 aliphatic heterocycles. The number of nitrogens with zero attached hydrogens (tertiary/aromatic N) is 1. The van der Waals surface area contributed by atoms with Gasteiger partial charge in [0.25, 0.3) is 5.91 Å². The van der Waals surface area contributed by atoms with Gasteiger partial charge in [0, 0.05) is 11.6 Å². The number of pyridine rings is 1. The molecule has 0 bridgehead atoms. The summed E-state index contributed by atoms with van der Waals surface area (Å²) in [5, 5.41) is 12.7. The van der Waals surface area contributed by atoms with E-state index in [4.69, 9.17) is 0 Å². The maximum absolute atomic E-state index is 12.4. The number of fused-ring (bicyclic) bond motifs is 1. The molecule has 2 atom stereocenters. The van der Waals surface area contributed by atoms with Crippen molar-refractivity contribution in [2.45, 2.75) is 26.3 Å². The van der Waals surface area contributed by atoms with Gasteiger partial charge in [-0.3, -0.25) is 9.78 Å². The van der Waals surface area contributed by atoms with Crippen molar-refractivity contribution in [1.82, 2.24) is 10.3 Å². The van der Waals surface area contributed by atoms with Crippen LogP contribution in [0, 0.1) is 5.92 Å². The van der Waals surface area contributed by atoms with Crippen LogP contribution in [0.1, 0.15) is 30.6 Å². The van der Waals surface area contributed by atoms with E-state index in [0.717, 1.165) is 5.39 Å². The highest BCUT2D eigenvalue weighted by molar-refractivity contribution is 6.06. The Morgan fingerprint density at radius 3 is 2.67 bits per heavy atom. The van der Waals surface area contributed by atoms with Gasteiger partial charge in [0.15, 0.2) is 0 Å². The summed E-state index contributed by atoms with van der Waals surface area (Å²) in [7, 11) is 0. The van der Waals surface area contributed by atoms with Crippen molar-refractivity contribution in [3.63, 3.8) is 0 Å². The van der Waals surface area contributed by atoms with E-state index in [2.05, 4.69) is 10.3 Å². The lowest BCUT2D eigenvalue weighted by Crippen LogP contribution is -2.45. The highest BCUT2D eigenvalue weighted by Gasteiger charge is 2.26. The molecule has 21 heavy (non-hydrogen) atoms. The first kappa shape index (κ1) is 15.0. The molecular formula is C16H18N2O3. The minimum absolute atomic E-state index is 0.144. The zero-order chi connectivity index (χ0) is 15.4. The van der Waals surface area contributed by atoms with Gasteiger partial charge in [-0.15, -0.1) is 0 Å². The first-order valence-electron chi connectivity index (χ1n) is 6.92. The van der Waals surface area contributed by atoms with Crippen LogP contribution < -0.4 is 5.32 Å². The number of carboxylic acids is 1. The number of hydrogen-bond acceptors (Lipinski definition) is 3. The van der Waals surface area contributed by atoms with Gasteiger partial charge in [0.1, 0.15) is 6.04 Å². The van der Waals surface area contributed by atoms with E-state index in [9.17, 15) is 14.7 Å². The molecule has 0 fully saturated rings. The fraction of sp³-hybridized carbons (Fsp3) is 0.312. The van der Waals surface area contributed by atoms with Crippen LogP contribution in [-0.4, -0.2) is 28.0 Å². The van der Waals surface area contributed by atoms with Gasteiger partial charge >= 0.3 is 5.97 Å². The maximum Gasteiger partial charge on any atom is 0.326 e. The van der Waals surface area contributed by atoms with Crippen LogP contribution in [-0.2, 0) is 4.79 Å². The summed E-state index contributed by atoms with van der Waals surface area (Å²) >= 11 is 0. The minimum Gasteiger partial charge on any atom is -0.480 e. The summed E-state index contributed by atoms with van der Waals surface area (Å²) < 4.78 is 0. The van der Waals surface area contributed by atoms with Crippen molar-refractivity contribution in [3.8, 4) is 0 Å². The first-order chi connectivity index (χ1) is 10.0. The average molecular weight is 286 g/mol. The van der Waals surface area contributed by atoms with Crippen molar-refractivity contribution in [2.75, 3.05) is 0 Å². The van der Waals surface area contributed by atoms with Crippen molar-refractivity contribution >= 4 is 22.8 Å². The third kappa shape index (κ3) is 3.18. The fourth-order valence-corrected chi connectivity index (χ4v) is 2.19. The number of nitrogens with one attached hydrogen (secondary N) is 1. The Hall–Kier alpha value is -2.43. The Bertz CT molecular complexity index is 664. The number of rotatable bonds is 5. The highest BCUT2D eigenvalue weighted by Crippen LogP contribution is 2.17. The lowest BCUT2D eigenvalue weighted by atomic mass is 9.98. The van der Waals surface area contributed by atoms with E-state index in [1.807, 2.05) is 19.1 Å².